The molecule has 0 fully saturated rings. The fraction of sp³-hybridized carbons (Fsp3) is 0.364. The fourth-order valence-corrected chi connectivity index (χ4v) is 2.91. The summed E-state index contributed by atoms with van der Waals surface area (Å²) in [5.41, 5.74) is 2.29. The first-order chi connectivity index (χ1) is 13.5. The van der Waals surface area contributed by atoms with Crippen LogP contribution in [0.3, 0.4) is 0 Å². The Balaban J connectivity index is 1.92. The van der Waals surface area contributed by atoms with Crippen LogP contribution in [0.25, 0.3) is 0 Å². The second kappa shape index (κ2) is 10.3. The van der Waals surface area contributed by atoms with Gasteiger partial charge in [0.2, 0.25) is 5.91 Å². The van der Waals surface area contributed by atoms with Crippen molar-refractivity contribution in [3.63, 3.8) is 0 Å². The second-order valence-electron chi connectivity index (χ2n) is 6.29. The molecule has 0 saturated heterocycles. The van der Waals surface area contributed by atoms with Crippen molar-refractivity contribution in [3.8, 4) is 11.5 Å². The van der Waals surface area contributed by atoms with E-state index in [9.17, 15) is 9.59 Å². The number of hydrogen-bond donors (Lipinski definition) is 1. The molecule has 0 saturated carbocycles. The Morgan fingerprint density at radius 3 is 2.14 bits per heavy atom. The summed E-state index contributed by atoms with van der Waals surface area (Å²) < 4.78 is 10.5. The number of methoxy groups -OCH3 is 2. The molecule has 2 amide bonds. The highest BCUT2D eigenvalue weighted by molar-refractivity contribution is 5.95. The van der Waals surface area contributed by atoms with Crippen molar-refractivity contribution in [2.45, 2.75) is 26.7 Å². The number of carbonyl (C=O) groups excluding carboxylic acids is 2. The first kappa shape index (κ1) is 21.3. The Bertz CT molecular complexity index is 799. The van der Waals surface area contributed by atoms with Gasteiger partial charge in [0.15, 0.2) is 11.5 Å². The Kier molecular flexibility index (Phi) is 7.87. The van der Waals surface area contributed by atoms with Gasteiger partial charge in [-0.25, -0.2) is 0 Å². The largest absolute Gasteiger partial charge is 0.493 e. The highest BCUT2D eigenvalue weighted by Gasteiger charge is 2.12. The summed E-state index contributed by atoms with van der Waals surface area (Å²) >= 11 is 0. The molecule has 2 rings (SSSR count). The molecule has 0 aliphatic heterocycles. The highest BCUT2D eigenvalue weighted by Crippen LogP contribution is 2.28. The maximum Gasteiger partial charge on any atom is 0.253 e. The van der Waals surface area contributed by atoms with Crippen molar-refractivity contribution in [1.82, 2.24) is 4.90 Å². The summed E-state index contributed by atoms with van der Waals surface area (Å²) in [5.74, 6) is 1.22. The van der Waals surface area contributed by atoms with E-state index >= 15 is 0 Å². The SMILES string of the molecule is CCN(CC)C(=O)c1ccc(NC(=O)CCc2ccc(OC)c(OC)c2)cc1. The van der Waals surface area contributed by atoms with E-state index in [0.29, 0.717) is 48.7 Å². The smallest absolute Gasteiger partial charge is 0.253 e. The molecule has 6 heteroatoms. The van der Waals surface area contributed by atoms with Crippen LogP contribution in [-0.4, -0.2) is 44.0 Å². The molecule has 150 valence electrons. The third-order valence-corrected chi connectivity index (χ3v) is 4.55. The lowest BCUT2D eigenvalue weighted by atomic mass is 10.1. The van der Waals surface area contributed by atoms with E-state index in [0.717, 1.165) is 5.56 Å². The minimum atomic E-state index is -0.0856. The predicted octanol–water partition coefficient (Wildman–Crippen LogP) is 3.76. The van der Waals surface area contributed by atoms with Gasteiger partial charge in [0, 0.05) is 30.8 Å². The Morgan fingerprint density at radius 2 is 1.57 bits per heavy atom. The summed E-state index contributed by atoms with van der Waals surface area (Å²) in [6.45, 7) is 5.25. The van der Waals surface area contributed by atoms with Crippen molar-refractivity contribution in [3.05, 3.63) is 53.6 Å². The molecule has 0 atom stereocenters. The summed E-state index contributed by atoms with van der Waals surface area (Å²) in [4.78, 5) is 26.3. The van der Waals surface area contributed by atoms with Gasteiger partial charge in [0.1, 0.15) is 0 Å². The maximum absolute atomic E-state index is 12.3. The Hall–Kier alpha value is -3.02. The zero-order chi connectivity index (χ0) is 20.5. The standard InChI is InChI=1S/C22H28N2O4/c1-5-24(6-2)22(26)17-9-11-18(12-10-17)23-21(25)14-8-16-7-13-19(27-3)20(15-16)28-4/h7,9-13,15H,5-6,8,14H2,1-4H3,(H,23,25). The first-order valence-electron chi connectivity index (χ1n) is 9.42. The van der Waals surface area contributed by atoms with E-state index in [4.69, 9.17) is 9.47 Å². The third-order valence-electron chi connectivity index (χ3n) is 4.55. The van der Waals surface area contributed by atoms with Gasteiger partial charge in [-0.05, 0) is 62.2 Å². The molecule has 6 nitrogen and oxygen atoms in total. The zero-order valence-electron chi connectivity index (χ0n) is 17.0. The van der Waals surface area contributed by atoms with E-state index in [1.165, 1.54) is 0 Å². The number of benzene rings is 2. The van der Waals surface area contributed by atoms with Crippen molar-refractivity contribution >= 4 is 17.5 Å². The van der Waals surface area contributed by atoms with E-state index in [1.54, 1.807) is 43.4 Å². The number of ether oxygens (including phenoxy) is 2. The topological polar surface area (TPSA) is 67.9 Å². The van der Waals surface area contributed by atoms with Gasteiger partial charge < -0.3 is 19.7 Å². The molecule has 0 spiro atoms. The number of anilines is 1. The molecule has 0 heterocycles. The molecule has 0 aliphatic carbocycles. The second-order valence-corrected chi connectivity index (χ2v) is 6.29. The summed E-state index contributed by atoms with van der Waals surface area (Å²) in [6, 6.07) is 12.6. The highest BCUT2D eigenvalue weighted by atomic mass is 16.5. The zero-order valence-corrected chi connectivity index (χ0v) is 17.0. The van der Waals surface area contributed by atoms with Crippen LogP contribution in [-0.2, 0) is 11.2 Å². The van der Waals surface area contributed by atoms with Gasteiger partial charge in [-0.15, -0.1) is 0 Å². The van der Waals surface area contributed by atoms with E-state index in [1.807, 2.05) is 32.0 Å². The van der Waals surface area contributed by atoms with Crippen molar-refractivity contribution in [1.29, 1.82) is 0 Å². The van der Waals surface area contributed by atoms with Crippen LogP contribution in [0, 0.1) is 0 Å². The Morgan fingerprint density at radius 1 is 0.929 bits per heavy atom. The van der Waals surface area contributed by atoms with Gasteiger partial charge in [0.25, 0.3) is 5.91 Å². The lowest BCUT2D eigenvalue weighted by Gasteiger charge is -2.18. The molecular weight excluding hydrogens is 356 g/mol. The van der Waals surface area contributed by atoms with Crippen LogP contribution < -0.4 is 14.8 Å². The molecule has 0 radical (unpaired) electrons. The average molecular weight is 384 g/mol. The van der Waals surface area contributed by atoms with Crippen LogP contribution in [0.15, 0.2) is 42.5 Å². The van der Waals surface area contributed by atoms with Crippen LogP contribution in [0.1, 0.15) is 36.2 Å². The third kappa shape index (κ3) is 5.49. The minimum Gasteiger partial charge on any atom is -0.493 e. The van der Waals surface area contributed by atoms with Crippen molar-refractivity contribution in [2.75, 3.05) is 32.6 Å². The summed E-state index contributed by atoms with van der Waals surface area (Å²) in [5, 5.41) is 2.87. The lowest BCUT2D eigenvalue weighted by molar-refractivity contribution is -0.116. The number of carbonyl (C=O) groups is 2. The van der Waals surface area contributed by atoms with Gasteiger partial charge in [0.05, 0.1) is 14.2 Å². The minimum absolute atomic E-state index is 0.00340. The van der Waals surface area contributed by atoms with E-state index in [2.05, 4.69) is 5.32 Å². The average Bonchev–Trinajstić information content (AvgIpc) is 2.73. The predicted molar refractivity (Wildman–Crippen MR) is 110 cm³/mol. The summed E-state index contributed by atoms with van der Waals surface area (Å²) in [7, 11) is 3.18. The van der Waals surface area contributed by atoms with E-state index < -0.39 is 0 Å². The van der Waals surface area contributed by atoms with Crippen molar-refractivity contribution in [2.24, 2.45) is 0 Å². The quantitative estimate of drug-likeness (QED) is 0.715. The fourth-order valence-electron chi connectivity index (χ4n) is 2.91. The van der Waals surface area contributed by atoms with Crippen molar-refractivity contribution < 1.29 is 19.1 Å². The molecule has 2 aromatic rings. The van der Waals surface area contributed by atoms with Gasteiger partial charge in [-0.2, -0.15) is 0 Å². The van der Waals surface area contributed by atoms with Crippen LogP contribution >= 0.6 is 0 Å². The molecule has 0 aliphatic rings. The number of hydrogen-bond acceptors (Lipinski definition) is 4. The van der Waals surface area contributed by atoms with E-state index in [-0.39, 0.29) is 11.8 Å². The molecule has 2 aromatic carbocycles. The number of nitrogens with zero attached hydrogens (tertiary/aromatic N) is 1. The normalized spacial score (nSPS) is 10.3. The molecule has 0 aromatic heterocycles. The van der Waals surface area contributed by atoms with Crippen LogP contribution in [0.4, 0.5) is 5.69 Å². The van der Waals surface area contributed by atoms with Crippen LogP contribution in [0.2, 0.25) is 0 Å². The summed E-state index contributed by atoms with van der Waals surface area (Å²) in [6.07, 6.45) is 0.931. The monoisotopic (exact) mass is 384 g/mol. The van der Waals surface area contributed by atoms with Gasteiger partial charge in [-0.1, -0.05) is 6.07 Å². The van der Waals surface area contributed by atoms with Crippen LogP contribution in [0.5, 0.6) is 11.5 Å². The number of amides is 2. The molecule has 28 heavy (non-hydrogen) atoms. The lowest BCUT2D eigenvalue weighted by Crippen LogP contribution is -2.30. The molecule has 0 bridgehead atoms. The molecule has 1 N–H and O–H groups in total. The van der Waals surface area contributed by atoms with Gasteiger partial charge in [-0.3, -0.25) is 9.59 Å². The molecular formula is C22H28N2O4. The number of nitrogens with one attached hydrogen (secondary N) is 1. The Labute approximate surface area is 166 Å². The first-order valence-corrected chi connectivity index (χ1v) is 9.42. The number of rotatable bonds is 9. The number of aryl methyl sites for hydroxylation is 1. The van der Waals surface area contributed by atoms with Gasteiger partial charge >= 0.3 is 0 Å². The maximum atomic E-state index is 12.3. The molecule has 0 unspecified atom stereocenters.